The molecule has 0 N–H and O–H groups in total. The quantitative estimate of drug-likeness (QED) is 0.135. The first kappa shape index (κ1) is 36.5. The molecule has 3 aliphatic carbocycles. The largest absolute Gasteiger partial charge is 0.493 e. The molecule has 0 bridgehead atoms. The fourth-order valence-corrected chi connectivity index (χ4v) is 8.97. The number of fused-ring (bicyclic) bond motifs is 3. The van der Waals surface area contributed by atoms with Crippen LogP contribution in [0.1, 0.15) is 71.6 Å². The number of hydrogen-bond acceptors (Lipinski definition) is 10. The Morgan fingerprint density at radius 3 is 1.83 bits per heavy atom. The minimum atomic E-state index is -1.25. The van der Waals surface area contributed by atoms with E-state index < -0.39 is 23.3 Å². The topological polar surface area (TPSA) is 108 Å². The summed E-state index contributed by atoms with van der Waals surface area (Å²) in [7, 11) is 9.39. The van der Waals surface area contributed by atoms with E-state index in [1.54, 1.807) is 56.5 Å². The fraction of sp³-hybridized carbons (Fsp3) is 0.318. The van der Waals surface area contributed by atoms with Gasteiger partial charge in [0.1, 0.15) is 0 Å². The van der Waals surface area contributed by atoms with Gasteiger partial charge in [-0.2, -0.15) is 0 Å². The monoisotopic (exact) mass is 732 g/mol. The van der Waals surface area contributed by atoms with Crippen molar-refractivity contribution in [3.8, 4) is 34.5 Å². The molecule has 0 saturated heterocycles. The molecule has 0 aliphatic heterocycles. The van der Waals surface area contributed by atoms with Crippen LogP contribution < -0.4 is 28.4 Å². The number of methoxy groups -OCH3 is 6. The van der Waals surface area contributed by atoms with Crippen molar-refractivity contribution in [2.75, 3.05) is 55.9 Å². The summed E-state index contributed by atoms with van der Waals surface area (Å²) >= 11 is 0. The number of esters is 2. The molecule has 4 aromatic carbocycles. The Kier molecular flexibility index (Phi) is 9.79. The maximum absolute atomic E-state index is 14.9. The maximum Gasteiger partial charge on any atom is 0.335 e. The minimum absolute atomic E-state index is 0.135. The minimum Gasteiger partial charge on any atom is -0.493 e. The molecule has 0 saturated carbocycles. The van der Waals surface area contributed by atoms with Gasteiger partial charge in [0, 0.05) is 28.2 Å². The van der Waals surface area contributed by atoms with Crippen molar-refractivity contribution in [2.24, 2.45) is 0 Å². The molecular formula is C44H44O10. The lowest BCUT2D eigenvalue weighted by Gasteiger charge is -2.41. The smallest absolute Gasteiger partial charge is 0.335 e. The Bertz CT molecular complexity index is 2200. The van der Waals surface area contributed by atoms with Crippen LogP contribution in [0.15, 0.2) is 77.9 Å². The van der Waals surface area contributed by atoms with Crippen molar-refractivity contribution in [3.05, 3.63) is 117 Å². The Balaban J connectivity index is 1.76. The van der Waals surface area contributed by atoms with Crippen molar-refractivity contribution in [1.82, 2.24) is 0 Å². The van der Waals surface area contributed by atoms with Crippen LogP contribution >= 0.6 is 0 Å². The van der Waals surface area contributed by atoms with Gasteiger partial charge in [0.05, 0.1) is 72.4 Å². The summed E-state index contributed by atoms with van der Waals surface area (Å²) in [6.45, 7) is 3.91. The molecule has 54 heavy (non-hydrogen) atoms. The van der Waals surface area contributed by atoms with E-state index in [0.717, 1.165) is 33.4 Å². The van der Waals surface area contributed by atoms with E-state index in [9.17, 15) is 9.59 Å². The van der Waals surface area contributed by atoms with Crippen LogP contribution in [0.2, 0.25) is 0 Å². The Hall–Kier alpha value is -5.90. The van der Waals surface area contributed by atoms with Gasteiger partial charge in [-0.1, -0.05) is 60.7 Å². The first-order chi connectivity index (χ1) is 26.3. The Morgan fingerprint density at radius 1 is 0.667 bits per heavy atom. The molecule has 7 rings (SSSR count). The molecule has 1 spiro atoms. The summed E-state index contributed by atoms with van der Waals surface area (Å²) < 4.78 is 48.7. The molecule has 10 nitrogen and oxygen atoms in total. The number of benzene rings is 4. The van der Waals surface area contributed by atoms with Gasteiger partial charge in [-0.15, -0.1) is 0 Å². The summed E-state index contributed by atoms with van der Waals surface area (Å²) in [6, 6.07) is 21.4. The predicted octanol–water partition coefficient (Wildman–Crippen LogP) is 7.66. The van der Waals surface area contributed by atoms with Crippen molar-refractivity contribution < 1.29 is 47.5 Å². The second-order valence-corrected chi connectivity index (χ2v) is 13.0. The van der Waals surface area contributed by atoms with Crippen LogP contribution in [0.3, 0.4) is 0 Å². The number of carbonyl (C=O) groups excluding carboxylic acids is 2. The molecule has 2 atom stereocenters. The molecule has 280 valence electrons. The zero-order valence-corrected chi connectivity index (χ0v) is 31.8. The van der Waals surface area contributed by atoms with Gasteiger partial charge < -0.3 is 37.9 Å². The van der Waals surface area contributed by atoms with Crippen LogP contribution in [0.5, 0.6) is 34.5 Å². The normalized spacial score (nSPS) is 17.9. The van der Waals surface area contributed by atoms with E-state index in [0.29, 0.717) is 75.2 Å². The predicted molar refractivity (Wildman–Crippen MR) is 203 cm³/mol. The number of allylic oxidation sites excluding steroid dienone is 1. The molecule has 0 aromatic heterocycles. The van der Waals surface area contributed by atoms with Gasteiger partial charge >= 0.3 is 11.9 Å². The van der Waals surface area contributed by atoms with Gasteiger partial charge in [-0.3, -0.25) is 0 Å². The molecule has 0 unspecified atom stereocenters. The molecule has 0 fully saturated rings. The molecule has 4 aromatic rings. The molecular weight excluding hydrogens is 688 g/mol. The standard InChI is InChI=1S/C44H44O10/c1-9-53-42(45)32-26-21-22-44(35-31(26)34(29(32)24-17-13-11-14-18-24)39(50-6)41(52-8)40(35)51-7)27-23-28(47-3)37(48-4)38(49-5)33(27)30(25-19-15-12-16-20-25)36(44)43(46)54-10-2/h11-20,23,29H,9-10,21-22H2,1-8H3/t29-,44+/m0/s1. The highest BCUT2D eigenvalue weighted by Crippen LogP contribution is 2.70. The molecule has 10 heteroatoms. The molecule has 0 amide bonds. The lowest BCUT2D eigenvalue weighted by Crippen LogP contribution is -2.37. The van der Waals surface area contributed by atoms with Crippen LogP contribution in [0, 0.1) is 0 Å². The van der Waals surface area contributed by atoms with Crippen LogP contribution in [0.4, 0.5) is 0 Å². The molecule has 0 radical (unpaired) electrons. The van der Waals surface area contributed by atoms with Crippen LogP contribution in [-0.2, 0) is 24.5 Å². The van der Waals surface area contributed by atoms with Crippen LogP contribution in [-0.4, -0.2) is 67.8 Å². The van der Waals surface area contributed by atoms with Gasteiger partial charge in [0.2, 0.25) is 11.5 Å². The number of carbonyl (C=O) groups is 2. The van der Waals surface area contributed by atoms with Gasteiger partial charge in [0.15, 0.2) is 23.0 Å². The lowest BCUT2D eigenvalue weighted by molar-refractivity contribution is -0.139. The first-order valence-electron chi connectivity index (χ1n) is 18.0. The summed E-state index contributed by atoms with van der Waals surface area (Å²) in [5, 5.41) is 0. The van der Waals surface area contributed by atoms with Gasteiger partial charge in [-0.05, 0) is 60.6 Å². The second-order valence-electron chi connectivity index (χ2n) is 13.0. The van der Waals surface area contributed by atoms with Crippen molar-refractivity contribution in [1.29, 1.82) is 0 Å². The third kappa shape index (κ3) is 5.06. The highest BCUT2D eigenvalue weighted by Gasteiger charge is 2.59. The summed E-state index contributed by atoms with van der Waals surface area (Å²) in [4.78, 5) is 29.2. The van der Waals surface area contributed by atoms with E-state index in [-0.39, 0.29) is 13.2 Å². The fourth-order valence-electron chi connectivity index (χ4n) is 8.97. The maximum atomic E-state index is 14.9. The zero-order chi connectivity index (χ0) is 38.3. The highest BCUT2D eigenvalue weighted by atomic mass is 16.5. The summed E-state index contributed by atoms with van der Waals surface area (Å²) in [6.07, 6.45) is 0.721. The van der Waals surface area contributed by atoms with Crippen molar-refractivity contribution in [3.63, 3.8) is 0 Å². The third-order valence-electron chi connectivity index (χ3n) is 10.8. The first-order valence-corrected chi connectivity index (χ1v) is 18.0. The Labute approximate surface area is 315 Å². The Morgan fingerprint density at radius 2 is 1.26 bits per heavy atom. The van der Waals surface area contributed by atoms with E-state index in [1.807, 2.05) is 66.7 Å². The van der Waals surface area contributed by atoms with Crippen molar-refractivity contribution >= 4 is 23.1 Å². The van der Waals surface area contributed by atoms with Gasteiger partial charge in [0.25, 0.3) is 0 Å². The van der Waals surface area contributed by atoms with E-state index in [2.05, 4.69) is 0 Å². The SMILES string of the molecule is CCOC(=O)C1=C2CC[C@]3(C(C(=O)OCC)=C(c4ccccc4)c4c3cc(OC)c(OC)c4OC)c3c(OC)c(OC)c(OC)c(c32)[C@H]1c1ccccc1. The van der Waals surface area contributed by atoms with Crippen molar-refractivity contribution in [2.45, 2.75) is 38.0 Å². The van der Waals surface area contributed by atoms with E-state index in [4.69, 9.17) is 37.9 Å². The van der Waals surface area contributed by atoms with E-state index >= 15 is 0 Å². The van der Waals surface area contributed by atoms with Gasteiger partial charge in [-0.25, -0.2) is 9.59 Å². The third-order valence-corrected chi connectivity index (χ3v) is 10.8. The molecule has 0 heterocycles. The average Bonchev–Trinajstić information content (AvgIpc) is 3.70. The summed E-state index contributed by atoms with van der Waals surface area (Å²) in [5.74, 6) is 0.783. The number of hydrogen-bond donors (Lipinski definition) is 0. The second kappa shape index (κ2) is 14.5. The number of ether oxygens (including phenoxy) is 8. The lowest BCUT2D eigenvalue weighted by atomic mass is 9.61. The highest BCUT2D eigenvalue weighted by molar-refractivity contribution is 6.13. The summed E-state index contributed by atoms with van der Waals surface area (Å²) in [5.41, 5.74) is 6.21. The average molecular weight is 733 g/mol. The molecule has 3 aliphatic rings. The zero-order valence-electron chi connectivity index (χ0n) is 31.8. The van der Waals surface area contributed by atoms with E-state index in [1.165, 1.54) is 0 Å². The number of rotatable bonds is 12. The van der Waals surface area contributed by atoms with Crippen LogP contribution in [0.25, 0.3) is 11.1 Å².